The summed E-state index contributed by atoms with van der Waals surface area (Å²) in [6.45, 7) is 1.49. The molecule has 10 nitrogen and oxygen atoms in total. The van der Waals surface area contributed by atoms with Crippen LogP contribution in [0, 0.1) is 5.41 Å². The highest BCUT2D eigenvalue weighted by Gasteiger charge is 2.33. The lowest BCUT2D eigenvalue weighted by molar-refractivity contribution is -0.137. The fourth-order valence-corrected chi connectivity index (χ4v) is 4.97. The summed E-state index contributed by atoms with van der Waals surface area (Å²) in [4.78, 5) is 28.6. The number of amides is 1. The number of carbonyl (C=O) groups excluding carboxylic acids is 2. The molecule has 1 amide bonds. The number of allylic oxidation sites excluding steroid dienone is 1. The van der Waals surface area contributed by atoms with Crippen LogP contribution in [-0.4, -0.2) is 39.4 Å². The molecular formula is C27H25ClF3N5O5S. The van der Waals surface area contributed by atoms with Crippen LogP contribution in [-0.2, 0) is 16.2 Å². The summed E-state index contributed by atoms with van der Waals surface area (Å²) >= 11 is 5.67. The second kappa shape index (κ2) is 12.4. The molecule has 1 aliphatic rings. The molecule has 3 aromatic rings. The van der Waals surface area contributed by atoms with Gasteiger partial charge >= 0.3 is 6.18 Å². The summed E-state index contributed by atoms with van der Waals surface area (Å²) in [6, 6.07) is 9.96. The Bertz CT molecular complexity index is 1660. The number of nitrogens with one attached hydrogen (secondary N) is 3. The van der Waals surface area contributed by atoms with E-state index in [4.69, 9.17) is 26.6 Å². The monoisotopic (exact) mass is 623 g/mol. The molecule has 1 aromatic heterocycles. The number of nitrogens with zero attached hydrogens (tertiary/aromatic N) is 1. The number of sulfonamides is 1. The molecule has 1 fully saturated rings. The number of carbonyl (C=O) groups is 2. The number of Topliss-reactive ketones (excluding diaryl/α,β-unsaturated/α-hetero) is 1. The maximum Gasteiger partial charge on any atom is 0.417 e. The lowest BCUT2D eigenvalue weighted by Gasteiger charge is -2.29. The van der Waals surface area contributed by atoms with E-state index < -0.39 is 43.6 Å². The molecule has 0 atom stereocenters. The Hall–Kier alpha value is -4.14. The normalized spacial score (nSPS) is 14.4. The van der Waals surface area contributed by atoms with Crippen LogP contribution in [0.15, 0.2) is 69.8 Å². The van der Waals surface area contributed by atoms with Gasteiger partial charge in [0.1, 0.15) is 0 Å². The highest BCUT2D eigenvalue weighted by molar-refractivity contribution is 7.89. The number of ketones is 1. The molecule has 42 heavy (non-hydrogen) atoms. The van der Waals surface area contributed by atoms with Crippen molar-refractivity contribution < 1.29 is 35.6 Å². The molecule has 1 saturated heterocycles. The van der Waals surface area contributed by atoms with Crippen molar-refractivity contribution >= 4 is 56.6 Å². The average molecular weight is 624 g/mol. The van der Waals surface area contributed by atoms with E-state index in [2.05, 4.69) is 15.5 Å². The van der Waals surface area contributed by atoms with Gasteiger partial charge in [-0.05, 0) is 67.8 Å². The van der Waals surface area contributed by atoms with E-state index in [0.29, 0.717) is 5.69 Å². The van der Waals surface area contributed by atoms with Crippen molar-refractivity contribution in [2.75, 3.05) is 28.6 Å². The fourth-order valence-electron chi connectivity index (χ4n) is 4.28. The first kappa shape index (κ1) is 30.8. The summed E-state index contributed by atoms with van der Waals surface area (Å²) in [7, 11) is -4.20. The predicted molar refractivity (Wildman–Crippen MR) is 152 cm³/mol. The van der Waals surface area contributed by atoms with Crippen molar-refractivity contribution in [1.82, 2.24) is 0 Å². The van der Waals surface area contributed by atoms with Crippen molar-refractivity contribution in [3.63, 3.8) is 0 Å². The molecule has 0 unspecified atom stereocenters. The number of rotatable bonds is 9. The Morgan fingerprint density at radius 2 is 1.76 bits per heavy atom. The number of hydrogen-bond acceptors (Lipinski definition) is 8. The maximum atomic E-state index is 13.6. The molecule has 15 heteroatoms. The Kier molecular flexibility index (Phi) is 9.09. The van der Waals surface area contributed by atoms with Crippen LogP contribution in [0.2, 0.25) is 5.02 Å². The van der Waals surface area contributed by atoms with Crippen LogP contribution in [0.3, 0.4) is 0 Å². The van der Waals surface area contributed by atoms with E-state index in [-0.39, 0.29) is 28.3 Å². The first-order valence-corrected chi connectivity index (χ1v) is 14.4. The minimum absolute atomic E-state index is 0.0201. The van der Waals surface area contributed by atoms with Crippen molar-refractivity contribution in [2.45, 2.75) is 30.5 Å². The van der Waals surface area contributed by atoms with E-state index in [1.807, 2.05) is 0 Å². The van der Waals surface area contributed by atoms with Gasteiger partial charge in [0.25, 0.3) is 15.9 Å². The molecule has 1 aliphatic heterocycles. The zero-order valence-electron chi connectivity index (χ0n) is 21.8. The SMILES string of the molecule is N=C/C(=C\Nc1ccc(Cl)c(C(F)(F)F)c1)C(=O)c1cc(N2CCCCC2)ccc1NC(=O)c1ccc(S(N)(=O)=O)o1. The number of anilines is 3. The van der Waals surface area contributed by atoms with Gasteiger partial charge in [0.15, 0.2) is 11.5 Å². The van der Waals surface area contributed by atoms with Gasteiger partial charge in [0, 0.05) is 42.4 Å². The van der Waals surface area contributed by atoms with Crippen molar-refractivity contribution in [3.05, 3.63) is 82.2 Å². The molecule has 4 rings (SSSR count). The summed E-state index contributed by atoms with van der Waals surface area (Å²) in [5, 5.41) is 16.8. The van der Waals surface area contributed by atoms with Crippen LogP contribution in [0.25, 0.3) is 0 Å². The van der Waals surface area contributed by atoms with Gasteiger partial charge in [-0.25, -0.2) is 13.6 Å². The molecule has 2 heterocycles. The third-order valence-electron chi connectivity index (χ3n) is 6.39. The fraction of sp³-hybridized carbons (Fsp3) is 0.222. The maximum absolute atomic E-state index is 13.6. The molecule has 222 valence electrons. The molecule has 0 saturated carbocycles. The Morgan fingerprint density at radius 3 is 2.38 bits per heavy atom. The van der Waals surface area contributed by atoms with Gasteiger partial charge < -0.3 is 25.4 Å². The lowest BCUT2D eigenvalue weighted by Crippen LogP contribution is -2.29. The van der Waals surface area contributed by atoms with Gasteiger partial charge in [-0.1, -0.05) is 11.6 Å². The number of halogens is 4. The number of piperidine rings is 1. The number of primary sulfonamides is 1. The number of alkyl halides is 3. The largest absolute Gasteiger partial charge is 0.438 e. The van der Waals surface area contributed by atoms with Gasteiger partial charge in [-0.2, -0.15) is 13.2 Å². The molecular weight excluding hydrogens is 599 g/mol. The Balaban J connectivity index is 1.67. The molecule has 0 spiro atoms. The topological polar surface area (TPSA) is 159 Å². The van der Waals surface area contributed by atoms with E-state index in [0.717, 1.165) is 69.0 Å². The van der Waals surface area contributed by atoms with Crippen LogP contribution in [0.4, 0.5) is 30.2 Å². The smallest absolute Gasteiger partial charge is 0.417 e. The minimum Gasteiger partial charge on any atom is -0.438 e. The van der Waals surface area contributed by atoms with Crippen LogP contribution in [0.1, 0.15) is 45.7 Å². The van der Waals surface area contributed by atoms with Gasteiger partial charge in [-0.15, -0.1) is 0 Å². The molecule has 0 aliphatic carbocycles. The molecule has 2 aromatic carbocycles. The molecule has 5 N–H and O–H groups in total. The average Bonchev–Trinajstić information content (AvgIpc) is 3.46. The first-order chi connectivity index (χ1) is 19.8. The summed E-state index contributed by atoms with van der Waals surface area (Å²) in [5.41, 5.74) is -0.646. The minimum atomic E-state index is -4.70. The third kappa shape index (κ3) is 7.19. The number of hydrogen-bond donors (Lipinski definition) is 4. The molecule has 0 bridgehead atoms. The second-order valence-corrected chi connectivity index (χ2v) is 11.2. The highest BCUT2D eigenvalue weighted by Crippen LogP contribution is 2.36. The highest BCUT2D eigenvalue weighted by atomic mass is 35.5. The molecule has 0 radical (unpaired) electrons. The van der Waals surface area contributed by atoms with Crippen molar-refractivity contribution in [2.24, 2.45) is 5.14 Å². The third-order valence-corrected chi connectivity index (χ3v) is 7.50. The Labute approximate surface area is 243 Å². The van der Waals surface area contributed by atoms with E-state index in [9.17, 15) is 31.2 Å². The van der Waals surface area contributed by atoms with Crippen LogP contribution >= 0.6 is 11.6 Å². The predicted octanol–water partition coefficient (Wildman–Crippen LogP) is 5.67. The number of furan rings is 1. The van der Waals surface area contributed by atoms with Crippen molar-refractivity contribution in [3.8, 4) is 0 Å². The van der Waals surface area contributed by atoms with Crippen LogP contribution in [0.5, 0.6) is 0 Å². The van der Waals surface area contributed by atoms with Crippen molar-refractivity contribution in [1.29, 1.82) is 5.41 Å². The summed E-state index contributed by atoms with van der Waals surface area (Å²) in [6.07, 6.45) is 0.0478. The number of benzene rings is 2. The zero-order chi connectivity index (χ0) is 30.7. The van der Waals surface area contributed by atoms with E-state index in [1.165, 1.54) is 12.1 Å². The number of nitrogens with two attached hydrogens (primary N) is 1. The van der Waals surface area contributed by atoms with E-state index >= 15 is 0 Å². The Morgan fingerprint density at radius 1 is 1.05 bits per heavy atom. The lowest BCUT2D eigenvalue weighted by atomic mass is 10.0. The van der Waals surface area contributed by atoms with Crippen LogP contribution < -0.4 is 20.7 Å². The van der Waals surface area contributed by atoms with Gasteiger partial charge in [0.2, 0.25) is 5.09 Å². The van der Waals surface area contributed by atoms with Gasteiger partial charge in [0.05, 0.1) is 21.8 Å². The van der Waals surface area contributed by atoms with Gasteiger partial charge in [-0.3, -0.25) is 9.59 Å². The standard InChI is InChI=1S/C27H25ClF3N5O5S/c28-21-6-4-17(12-20(21)27(29,30)31)34-15-16(14-32)25(37)19-13-18(36-10-2-1-3-11-36)5-7-22(19)35-26(38)23-8-9-24(41-23)42(33,39)40/h4-9,12-15,32,34H,1-3,10-11H2,(H,35,38)(H2,33,39,40)/b16-15+,32-14?. The first-order valence-electron chi connectivity index (χ1n) is 12.5. The quantitative estimate of drug-likeness (QED) is 0.136. The summed E-state index contributed by atoms with van der Waals surface area (Å²) < 4.78 is 67.9. The van der Waals surface area contributed by atoms with E-state index in [1.54, 1.807) is 12.1 Å². The summed E-state index contributed by atoms with van der Waals surface area (Å²) in [5.74, 6) is -1.98. The second-order valence-electron chi connectivity index (χ2n) is 9.31. The zero-order valence-corrected chi connectivity index (χ0v) is 23.4.